The van der Waals surface area contributed by atoms with Gasteiger partial charge in [-0.05, 0) is 19.4 Å². The fourth-order valence-electron chi connectivity index (χ4n) is 2.09. The Morgan fingerprint density at radius 3 is 3.05 bits per heavy atom. The summed E-state index contributed by atoms with van der Waals surface area (Å²) in [6.07, 6.45) is 4.20. The van der Waals surface area contributed by atoms with Crippen molar-refractivity contribution in [2.45, 2.75) is 32.4 Å². The minimum absolute atomic E-state index is 0.171. The number of likely N-dealkylation sites (N-methyl/N-ethyl adjacent to an activating group) is 1. The smallest absolute Gasteiger partial charge is 0.273 e. The predicted octanol–water partition coefficient (Wildman–Crippen LogP) is -0.549. The van der Waals surface area contributed by atoms with Gasteiger partial charge in [0.1, 0.15) is 0 Å². The second-order valence-corrected chi connectivity index (χ2v) is 4.77. The molecule has 1 aliphatic rings. The lowest BCUT2D eigenvalue weighted by Crippen LogP contribution is -2.36. The van der Waals surface area contributed by atoms with Gasteiger partial charge in [0.25, 0.3) is 5.91 Å². The molecule has 0 spiro atoms. The molecule has 0 unspecified atom stereocenters. The monoisotopic (exact) mass is 266 g/mol. The number of hydrogen-bond donors (Lipinski definition) is 2. The number of nitrogens with one attached hydrogen (secondary N) is 1. The number of hydrogen-bond acceptors (Lipinski definition) is 5. The number of carbonyl (C=O) groups is 1. The first kappa shape index (κ1) is 14.0. The van der Waals surface area contributed by atoms with Crippen molar-refractivity contribution in [3.63, 3.8) is 0 Å². The fourth-order valence-corrected chi connectivity index (χ4v) is 2.09. The van der Waals surface area contributed by atoms with Gasteiger partial charge in [0.05, 0.1) is 12.7 Å². The SMILES string of the molecule is CCN(CCNC(=O)c1cn(CCN)nn1)C1CC1. The van der Waals surface area contributed by atoms with Gasteiger partial charge in [-0.3, -0.25) is 14.4 Å². The van der Waals surface area contributed by atoms with Crippen LogP contribution in [0.15, 0.2) is 6.20 Å². The van der Waals surface area contributed by atoms with E-state index in [0.717, 1.165) is 19.1 Å². The van der Waals surface area contributed by atoms with Crippen LogP contribution >= 0.6 is 0 Å². The predicted molar refractivity (Wildman–Crippen MR) is 71.7 cm³/mol. The molecule has 7 nitrogen and oxygen atoms in total. The molecule has 0 aliphatic heterocycles. The van der Waals surface area contributed by atoms with Crippen molar-refractivity contribution in [2.24, 2.45) is 5.73 Å². The van der Waals surface area contributed by atoms with E-state index in [4.69, 9.17) is 5.73 Å². The zero-order valence-electron chi connectivity index (χ0n) is 11.4. The summed E-state index contributed by atoms with van der Waals surface area (Å²) in [5.41, 5.74) is 5.76. The van der Waals surface area contributed by atoms with Gasteiger partial charge in [-0.25, -0.2) is 0 Å². The van der Waals surface area contributed by atoms with E-state index >= 15 is 0 Å². The molecule has 1 saturated carbocycles. The number of carbonyl (C=O) groups excluding carboxylic acids is 1. The van der Waals surface area contributed by atoms with Crippen LogP contribution in [0.1, 0.15) is 30.3 Å². The van der Waals surface area contributed by atoms with Crippen LogP contribution in [0.4, 0.5) is 0 Å². The lowest BCUT2D eigenvalue weighted by Gasteiger charge is -2.19. The van der Waals surface area contributed by atoms with E-state index < -0.39 is 0 Å². The van der Waals surface area contributed by atoms with Gasteiger partial charge in [0, 0.05) is 25.7 Å². The molecule has 1 amide bonds. The Balaban J connectivity index is 1.73. The van der Waals surface area contributed by atoms with Gasteiger partial charge in [0.15, 0.2) is 5.69 Å². The standard InChI is InChI=1S/C12H22N6O/c1-2-17(10-3-4-10)8-6-14-12(19)11-9-18(7-5-13)16-15-11/h9-10H,2-8,13H2,1H3,(H,14,19). The molecule has 1 aromatic rings. The van der Waals surface area contributed by atoms with Gasteiger partial charge in [-0.2, -0.15) is 0 Å². The quantitative estimate of drug-likeness (QED) is 0.659. The molecule has 106 valence electrons. The highest BCUT2D eigenvalue weighted by molar-refractivity contribution is 5.91. The largest absolute Gasteiger partial charge is 0.349 e. The molecule has 19 heavy (non-hydrogen) atoms. The van der Waals surface area contributed by atoms with Crippen molar-refractivity contribution in [3.8, 4) is 0 Å². The number of nitrogens with two attached hydrogens (primary N) is 1. The van der Waals surface area contributed by atoms with Crippen LogP contribution in [-0.2, 0) is 6.54 Å². The third-order valence-electron chi connectivity index (χ3n) is 3.28. The van der Waals surface area contributed by atoms with Crippen molar-refractivity contribution < 1.29 is 4.79 Å². The van der Waals surface area contributed by atoms with E-state index in [0.29, 0.717) is 25.3 Å². The van der Waals surface area contributed by atoms with E-state index in [1.54, 1.807) is 10.9 Å². The van der Waals surface area contributed by atoms with Crippen molar-refractivity contribution in [3.05, 3.63) is 11.9 Å². The van der Waals surface area contributed by atoms with Crippen molar-refractivity contribution >= 4 is 5.91 Å². The first-order valence-electron chi connectivity index (χ1n) is 6.87. The van der Waals surface area contributed by atoms with E-state index in [-0.39, 0.29) is 5.91 Å². The normalized spacial score (nSPS) is 14.9. The highest BCUT2D eigenvalue weighted by Gasteiger charge is 2.27. The van der Waals surface area contributed by atoms with E-state index in [1.165, 1.54) is 12.8 Å². The first-order chi connectivity index (χ1) is 9.24. The maximum atomic E-state index is 11.8. The van der Waals surface area contributed by atoms with Crippen LogP contribution in [0.2, 0.25) is 0 Å². The Hall–Kier alpha value is -1.47. The summed E-state index contributed by atoms with van der Waals surface area (Å²) in [6, 6.07) is 0.729. The Labute approximate surface area is 113 Å². The summed E-state index contributed by atoms with van der Waals surface area (Å²) in [6.45, 7) is 5.78. The van der Waals surface area contributed by atoms with Crippen LogP contribution in [0.5, 0.6) is 0 Å². The van der Waals surface area contributed by atoms with Crippen LogP contribution in [0.3, 0.4) is 0 Å². The topological polar surface area (TPSA) is 89.1 Å². The molecule has 1 aromatic heterocycles. The lowest BCUT2D eigenvalue weighted by molar-refractivity contribution is 0.0943. The fraction of sp³-hybridized carbons (Fsp3) is 0.750. The van der Waals surface area contributed by atoms with Gasteiger partial charge < -0.3 is 11.1 Å². The molecular formula is C12H22N6O. The molecule has 2 rings (SSSR count). The van der Waals surface area contributed by atoms with Crippen LogP contribution in [0, 0.1) is 0 Å². The van der Waals surface area contributed by atoms with Crippen LogP contribution in [0.25, 0.3) is 0 Å². The molecule has 0 atom stereocenters. The molecule has 1 heterocycles. The Morgan fingerprint density at radius 1 is 1.63 bits per heavy atom. The maximum absolute atomic E-state index is 11.8. The minimum Gasteiger partial charge on any atom is -0.349 e. The lowest BCUT2D eigenvalue weighted by atomic mass is 10.4. The molecule has 7 heteroatoms. The van der Waals surface area contributed by atoms with Gasteiger partial charge in [-0.1, -0.05) is 12.1 Å². The first-order valence-corrected chi connectivity index (χ1v) is 6.87. The Bertz CT molecular complexity index is 414. The third kappa shape index (κ3) is 4.00. The summed E-state index contributed by atoms with van der Waals surface area (Å²) >= 11 is 0. The average Bonchev–Trinajstić information content (AvgIpc) is 3.14. The molecule has 1 aliphatic carbocycles. The number of nitrogens with zero attached hydrogens (tertiary/aromatic N) is 4. The van der Waals surface area contributed by atoms with E-state index in [9.17, 15) is 4.79 Å². The highest BCUT2D eigenvalue weighted by Crippen LogP contribution is 2.25. The third-order valence-corrected chi connectivity index (χ3v) is 3.28. The molecular weight excluding hydrogens is 244 g/mol. The zero-order valence-corrected chi connectivity index (χ0v) is 11.4. The van der Waals surface area contributed by atoms with Crippen molar-refractivity contribution in [1.82, 2.24) is 25.2 Å². The second kappa shape index (κ2) is 6.63. The van der Waals surface area contributed by atoms with E-state index in [2.05, 4.69) is 27.5 Å². The van der Waals surface area contributed by atoms with Crippen molar-refractivity contribution in [2.75, 3.05) is 26.2 Å². The Kier molecular flexibility index (Phi) is 4.86. The van der Waals surface area contributed by atoms with Gasteiger partial charge in [-0.15, -0.1) is 5.10 Å². The van der Waals surface area contributed by atoms with Gasteiger partial charge >= 0.3 is 0 Å². The summed E-state index contributed by atoms with van der Waals surface area (Å²) in [7, 11) is 0. The molecule has 0 saturated heterocycles. The summed E-state index contributed by atoms with van der Waals surface area (Å²) in [4.78, 5) is 14.2. The second-order valence-electron chi connectivity index (χ2n) is 4.77. The van der Waals surface area contributed by atoms with Crippen LogP contribution in [-0.4, -0.2) is 58.0 Å². The molecule has 0 bridgehead atoms. The average molecular weight is 266 g/mol. The molecule has 0 aromatic carbocycles. The van der Waals surface area contributed by atoms with Crippen LogP contribution < -0.4 is 11.1 Å². The Morgan fingerprint density at radius 2 is 2.42 bits per heavy atom. The van der Waals surface area contributed by atoms with Crippen molar-refractivity contribution in [1.29, 1.82) is 0 Å². The zero-order chi connectivity index (χ0) is 13.7. The molecule has 3 N–H and O–H groups in total. The highest BCUT2D eigenvalue weighted by atomic mass is 16.2. The molecule has 1 fully saturated rings. The number of amides is 1. The number of rotatable bonds is 8. The molecule has 0 radical (unpaired) electrons. The summed E-state index contributed by atoms with van der Waals surface area (Å²) < 4.78 is 1.58. The number of aromatic nitrogens is 3. The van der Waals surface area contributed by atoms with Gasteiger partial charge in [0.2, 0.25) is 0 Å². The summed E-state index contributed by atoms with van der Waals surface area (Å²) in [5.74, 6) is -0.171. The maximum Gasteiger partial charge on any atom is 0.273 e. The minimum atomic E-state index is -0.171. The summed E-state index contributed by atoms with van der Waals surface area (Å²) in [5, 5.41) is 10.5. The van der Waals surface area contributed by atoms with E-state index in [1.807, 2.05) is 0 Å².